The van der Waals surface area contributed by atoms with Gasteiger partial charge in [-0.15, -0.1) is 0 Å². The van der Waals surface area contributed by atoms with Gasteiger partial charge in [-0.25, -0.2) is 9.97 Å². The molecular formula is C21H18F3N3O3. The Hall–Kier alpha value is -3.20. The average Bonchev–Trinajstić information content (AvgIpc) is 2.72. The third-order valence-corrected chi connectivity index (χ3v) is 4.85. The van der Waals surface area contributed by atoms with Gasteiger partial charge in [-0.3, -0.25) is 4.79 Å². The summed E-state index contributed by atoms with van der Waals surface area (Å²) >= 11 is 0. The SMILES string of the molecule is O=C(c1ccc2cc(Oc3ccc(C(F)(F)F)cn3)ccc2n1)N1CCC[C@@H](O)C1. The summed E-state index contributed by atoms with van der Waals surface area (Å²) in [4.78, 5) is 22.3. The Labute approximate surface area is 169 Å². The summed E-state index contributed by atoms with van der Waals surface area (Å²) in [5, 5.41) is 10.5. The molecule has 1 N–H and O–H groups in total. The molecule has 1 saturated heterocycles. The van der Waals surface area contributed by atoms with E-state index in [4.69, 9.17) is 4.74 Å². The molecule has 1 fully saturated rings. The van der Waals surface area contributed by atoms with E-state index < -0.39 is 17.8 Å². The van der Waals surface area contributed by atoms with E-state index >= 15 is 0 Å². The number of nitrogens with zero attached hydrogens (tertiary/aromatic N) is 3. The zero-order chi connectivity index (χ0) is 21.3. The lowest BCUT2D eigenvalue weighted by Crippen LogP contribution is -2.42. The monoisotopic (exact) mass is 417 g/mol. The lowest BCUT2D eigenvalue weighted by molar-refractivity contribution is -0.137. The molecule has 3 aromatic rings. The van der Waals surface area contributed by atoms with Crippen molar-refractivity contribution in [2.45, 2.75) is 25.1 Å². The highest BCUT2D eigenvalue weighted by molar-refractivity contribution is 5.95. The number of fused-ring (bicyclic) bond motifs is 1. The number of likely N-dealkylation sites (tertiary alicyclic amines) is 1. The van der Waals surface area contributed by atoms with Crippen LogP contribution in [0.2, 0.25) is 0 Å². The number of benzene rings is 1. The number of hydrogen-bond donors (Lipinski definition) is 1. The van der Waals surface area contributed by atoms with Gasteiger partial charge in [-0.2, -0.15) is 13.2 Å². The number of halogens is 3. The van der Waals surface area contributed by atoms with Gasteiger partial charge in [0.05, 0.1) is 17.2 Å². The highest BCUT2D eigenvalue weighted by Crippen LogP contribution is 2.30. The van der Waals surface area contributed by atoms with E-state index in [0.717, 1.165) is 18.6 Å². The molecule has 1 aliphatic rings. The van der Waals surface area contributed by atoms with Gasteiger partial charge in [-0.05, 0) is 43.2 Å². The van der Waals surface area contributed by atoms with Gasteiger partial charge < -0.3 is 14.7 Å². The molecule has 9 heteroatoms. The molecule has 1 aromatic carbocycles. The van der Waals surface area contributed by atoms with Crippen molar-refractivity contribution in [1.82, 2.24) is 14.9 Å². The first-order valence-corrected chi connectivity index (χ1v) is 9.39. The van der Waals surface area contributed by atoms with Gasteiger partial charge in [0.15, 0.2) is 0 Å². The number of pyridine rings is 2. The van der Waals surface area contributed by atoms with Crippen LogP contribution in [0.5, 0.6) is 11.6 Å². The Morgan fingerprint density at radius 1 is 1.17 bits per heavy atom. The van der Waals surface area contributed by atoms with E-state index in [-0.39, 0.29) is 17.5 Å². The summed E-state index contributed by atoms with van der Waals surface area (Å²) in [6.07, 6.45) is -2.82. The second-order valence-corrected chi connectivity index (χ2v) is 7.08. The number of amides is 1. The maximum Gasteiger partial charge on any atom is 0.417 e. The van der Waals surface area contributed by atoms with Crippen molar-refractivity contribution in [1.29, 1.82) is 0 Å². The molecule has 3 heterocycles. The lowest BCUT2D eigenvalue weighted by atomic mass is 10.1. The number of hydrogen-bond acceptors (Lipinski definition) is 5. The number of carbonyl (C=O) groups excluding carboxylic acids is 1. The summed E-state index contributed by atoms with van der Waals surface area (Å²) in [6.45, 7) is 0.883. The molecule has 6 nitrogen and oxygen atoms in total. The van der Waals surface area contributed by atoms with Crippen LogP contribution in [0.25, 0.3) is 10.9 Å². The van der Waals surface area contributed by atoms with E-state index in [1.165, 1.54) is 0 Å². The Balaban J connectivity index is 1.51. The van der Waals surface area contributed by atoms with Crippen LogP contribution in [-0.2, 0) is 6.18 Å². The predicted octanol–water partition coefficient (Wildman–Crippen LogP) is 4.04. The second kappa shape index (κ2) is 7.91. The van der Waals surface area contributed by atoms with Gasteiger partial charge in [0.1, 0.15) is 11.4 Å². The largest absolute Gasteiger partial charge is 0.439 e. The standard InChI is InChI=1S/C21H18F3N3O3/c22-21(23,24)14-4-8-19(25-11-14)30-16-5-7-17-13(10-16)3-6-18(26-17)20(29)27-9-1-2-15(28)12-27/h3-8,10-11,15,28H,1-2,9,12H2/t15-/m1/s1. The first kappa shape index (κ1) is 20.1. The Bertz CT molecular complexity index is 1070. The highest BCUT2D eigenvalue weighted by Gasteiger charge is 2.30. The number of aliphatic hydroxyl groups excluding tert-OH is 1. The van der Waals surface area contributed by atoms with Crippen molar-refractivity contribution in [2.75, 3.05) is 13.1 Å². The molecule has 156 valence electrons. The van der Waals surface area contributed by atoms with Crippen molar-refractivity contribution < 1.29 is 27.8 Å². The van der Waals surface area contributed by atoms with Gasteiger partial charge in [-0.1, -0.05) is 6.07 Å². The van der Waals surface area contributed by atoms with Crippen LogP contribution in [0.15, 0.2) is 48.7 Å². The Morgan fingerprint density at radius 3 is 2.70 bits per heavy atom. The fraction of sp³-hybridized carbons (Fsp3) is 0.286. The van der Waals surface area contributed by atoms with Crippen molar-refractivity contribution in [3.05, 3.63) is 59.9 Å². The van der Waals surface area contributed by atoms with E-state index in [1.54, 1.807) is 35.2 Å². The molecule has 0 unspecified atom stereocenters. The molecule has 0 aliphatic carbocycles. The fourth-order valence-electron chi connectivity index (χ4n) is 3.32. The molecule has 0 saturated carbocycles. The minimum atomic E-state index is -4.46. The number of rotatable bonds is 3. The molecule has 30 heavy (non-hydrogen) atoms. The van der Waals surface area contributed by atoms with Crippen molar-refractivity contribution in [3.8, 4) is 11.6 Å². The fourth-order valence-corrected chi connectivity index (χ4v) is 3.32. The van der Waals surface area contributed by atoms with Crippen molar-refractivity contribution >= 4 is 16.8 Å². The van der Waals surface area contributed by atoms with Crippen LogP contribution >= 0.6 is 0 Å². The lowest BCUT2D eigenvalue weighted by Gasteiger charge is -2.29. The summed E-state index contributed by atoms with van der Waals surface area (Å²) < 4.78 is 43.4. The normalized spacial score (nSPS) is 17.2. The summed E-state index contributed by atoms with van der Waals surface area (Å²) in [5.74, 6) is 0.186. The zero-order valence-electron chi connectivity index (χ0n) is 15.8. The Morgan fingerprint density at radius 2 is 2.00 bits per heavy atom. The number of β-amino-alcohol motifs (C(OH)–C–C–N with tert-alkyl or cyclic N) is 1. The third kappa shape index (κ3) is 4.35. The van der Waals surface area contributed by atoms with Crippen molar-refractivity contribution in [3.63, 3.8) is 0 Å². The number of carbonyl (C=O) groups is 1. The number of aromatic nitrogens is 2. The van der Waals surface area contributed by atoms with Crippen LogP contribution in [0.1, 0.15) is 28.9 Å². The molecule has 4 rings (SSSR count). The Kier molecular flexibility index (Phi) is 5.29. The summed E-state index contributed by atoms with van der Waals surface area (Å²) in [5.41, 5.74) is 0.0109. The first-order valence-electron chi connectivity index (χ1n) is 9.39. The number of ether oxygens (including phenoxy) is 1. The van der Waals surface area contributed by atoms with E-state index in [0.29, 0.717) is 42.4 Å². The molecule has 1 amide bonds. The highest BCUT2D eigenvalue weighted by atomic mass is 19.4. The first-order chi connectivity index (χ1) is 14.3. The minimum absolute atomic E-state index is 0.0331. The summed E-state index contributed by atoms with van der Waals surface area (Å²) in [7, 11) is 0. The summed E-state index contributed by atoms with van der Waals surface area (Å²) in [6, 6.07) is 10.3. The van der Waals surface area contributed by atoms with Crippen LogP contribution in [0, 0.1) is 0 Å². The number of piperidine rings is 1. The van der Waals surface area contributed by atoms with Crippen LogP contribution in [-0.4, -0.2) is 45.1 Å². The molecule has 2 aromatic heterocycles. The zero-order valence-corrected chi connectivity index (χ0v) is 15.8. The van der Waals surface area contributed by atoms with Gasteiger partial charge in [0, 0.05) is 30.7 Å². The van der Waals surface area contributed by atoms with E-state index in [9.17, 15) is 23.1 Å². The minimum Gasteiger partial charge on any atom is -0.439 e. The maximum atomic E-state index is 12.6. The van der Waals surface area contributed by atoms with Crippen molar-refractivity contribution in [2.24, 2.45) is 0 Å². The van der Waals surface area contributed by atoms with Gasteiger partial charge >= 0.3 is 6.18 Å². The third-order valence-electron chi connectivity index (χ3n) is 4.85. The van der Waals surface area contributed by atoms with Crippen LogP contribution in [0.3, 0.4) is 0 Å². The molecule has 0 radical (unpaired) electrons. The van der Waals surface area contributed by atoms with E-state index in [2.05, 4.69) is 9.97 Å². The second-order valence-electron chi connectivity index (χ2n) is 7.08. The van der Waals surface area contributed by atoms with E-state index in [1.807, 2.05) is 0 Å². The van der Waals surface area contributed by atoms with Gasteiger partial charge in [0.25, 0.3) is 5.91 Å². The van der Waals surface area contributed by atoms with Gasteiger partial charge in [0.2, 0.25) is 5.88 Å². The maximum absolute atomic E-state index is 12.6. The van der Waals surface area contributed by atoms with Crippen LogP contribution < -0.4 is 4.74 Å². The number of aliphatic hydroxyl groups is 1. The quantitative estimate of drug-likeness (QED) is 0.696. The average molecular weight is 417 g/mol. The molecule has 1 aliphatic heterocycles. The topological polar surface area (TPSA) is 75.5 Å². The molecular weight excluding hydrogens is 399 g/mol. The smallest absolute Gasteiger partial charge is 0.417 e. The number of alkyl halides is 3. The molecule has 0 spiro atoms. The predicted molar refractivity (Wildman–Crippen MR) is 102 cm³/mol. The molecule has 0 bridgehead atoms. The van der Waals surface area contributed by atoms with Crippen LogP contribution in [0.4, 0.5) is 13.2 Å². The molecule has 1 atom stereocenters.